The molecule has 3 N–H and O–H groups in total. The van der Waals surface area contributed by atoms with Crippen LogP contribution >= 0.6 is 0 Å². The number of phenolic OH excluding ortho intramolecular Hbond substituents is 2. The Morgan fingerprint density at radius 3 is 2.56 bits per heavy atom. The third-order valence-electron chi connectivity index (χ3n) is 2.99. The third-order valence-corrected chi connectivity index (χ3v) is 2.99. The van der Waals surface area contributed by atoms with Crippen LogP contribution in [0.3, 0.4) is 0 Å². The summed E-state index contributed by atoms with van der Waals surface area (Å²) in [5.74, 6) is 0.222. The lowest BCUT2D eigenvalue weighted by atomic mass is 10.1. The third kappa shape index (κ3) is 2.46. The van der Waals surface area contributed by atoms with Crippen LogP contribution in [0.2, 0.25) is 0 Å². The van der Waals surface area contributed by atoms with Gasteiger partial charge in [-0.15, -0.1) is 0 Å². The summed E-state index contributed by atoms with van der Waals surface area (Å²) < 4.78 is 0. The number of piperidine rings is 1. The van der Waals surface area contributed by atoms with Crippen molar-refractivity contribution in [3.05, 3.63) is 23.8 Å². The molecule has 4 nitrogen and oxygen atoms in total. The van der Waals surface area contributed by atoms with Gasteiger partial charge in [0.05, 0.1) is 6.10 Å². The summed E-state index contributed by atoms with van der Waals surface area (Å²) in [5, 5.41) is 28.8. The van der Waals surface area contributed by atoms with E-state index in [0.717, 1.165) is 19.4 Å². The van der Waals surface area contributed by atoms with Gasteiger partial charge in [-0.3, -0.25) is 4.90 Å². The number of aliphatic hydroxyl groups is 1. The van der Waals surface area contributed by atoms with E-state index >= 15 is 0 Å². The molecular formula is C12H17NO3. The highest BCUT2D eigenvalue weighted by Crippen LogP contribution is 2.28. The molecular weight excluding hydrogens is 206 g/mol. The molecule has 0 spiro atoms. The number of hydrogen-bond donors (Lipinski definition) is 3. The first kappa shape index (κ1) is 11.2. The Morgan fingerprint density at radius 1 is 1.25 bits per heavy atom. The molecule has 0 saturated carbocycles. The SMILES string of the molecule is Oc1cccc(O)c1CN1CCCC(O)C1. The minimum absolute atomic E-state index is 0.111. The molecule has 0 amide bonds. The fourth-order valence-corrected chi connectivity index (χ4v) is 2.12. The van der Waals surface area contributed by atoms with E-state index in [1.165, 1.54) is 0 Å². The number of rotatable bonds is 2. The number of nitrogens with zero attached hydrogens (tertiary/aromatic N) is 1. The number of aliphatic hydroxyl groups excluding tert-OH is 1. The van der Waals surface area contributed by atoms with E-state index in [1.807, 2.05) is 4.90 Å². The quantitative estimate of drug-likeness (QED) is 0.701. The van der Waals surface area contributed by atoms with Crippen LogP contribution < -0.4 is 0 Å². The van der Waals surface area contributed by atoms with Crippen LogP contribution in [0.15, 0.2) is 18.2 Å². The maximum atomic E-state index is 9.64. The molecule has 0 bridgehead atoms. The summed E-state index contributed by atoms with van der Waals surface area (Å²) in [6.07, 6.45) is 1.50. The second kappa shape index (κ2) is 4.72. The number of phenols is 2. The highest BCUT2D eigenvalue weighted by molar-refractivity contribution is 5.42. The van der Waals surface area contributed by atoms with Gasteiger partial charge in [0.2, 0.25) is 0 Å². The first-order valence-corrected chi connectivity index (χ1v) is 5.57. The highest BCUT2D eigenvalue weighted by Gasteiger charge is 2.19. The average molecular weight is 223 g/mol. The second-order valence-corrected chi connectivity index (χ2v) is 4.31. The number of β-amino-alcohol motifs (C(OH)–C–C–N with tert-alkyl or cyclic N) is 1. The van der Waals surface area contributed by atoms with Gasteiger partial charge in [-0.1, -0.05) is 6.07 Å². The molecule has 1 aromatic carbocycles. The minimum atomic E-state index is -0.290. The van der Waals surface area contributed by atoms with E-state index < -0.39 is 0 Å². The number of benzene rings is 1. The lowest BCUT2D eigenvalue weighted by Crippen LogP contribution is -2.37. The zero-order valence-electron chi connectivity index (χ0n) is 9.13. The fourth-order valence-electron chi connectivity index (χ4n) is 2.12. The van der Waals surface area contributed by atoms with Crippen LogP contribution in [0.1, 0.15) is 18.4 Å². The van der Waals surface area contributed by atoms with E-state index in [-0.39, 0.29) is 17.6 Å². The smallest absolute Gasteiger partial charge is 0.123 e. The molecule has 1 aliphatic rings. The molecule has 0 aliphatic carbocycles. The summed E-state index contributed by atoms with van der Waals surface area (Å²) in [7, 11) is 0. The minimum Gasteiger partial charge on any atom is -0.507 e. The average Bonchev–Trinajstić information content (AvgIpc) is 2.24. The first-order chi connectivity index (χ1) is 7.66. The van der Waals surface area contributed by atoms with Gasteiger partial charge in [-0.25, -0.2) is 0 Å². The number of aromatic hydroxyl groups is 2. The van der Waals surface area contributed by atoms with Gasteiger partial charge < -0.3 is 15.3 Å². The first-order valence-electron chi connectivity index (χ1n) is 5.57. The summed E-state index contributed by atoms with van der Waals surface area (Å²) in [6, 6.07) is 4.74. The summed E-state index contributed by atoms with van der Waals surface area (Å²) in [6.45, 7) is 1.98. The van der Waals surface area contributed by atoms with E-state index in [9.17, 15) is 15.3 Å². The van der Waals surface area contributed by atoms with Crippen LogP contribution in [0.25, 0.3) is 0 Å². The predicted molar refractivity (Wildman–Crippen MR) is 60.3 cm³/mol. The lowest BCUT2D eigenvalue weighted by Gasteiger charge is -2.30. The maximum absolute atomic E-state index is 9.64. The lowest BCUT2D eigenvalue weighted by molar-refractivity contribution is 0.0660. The molecule has 88 valence electrons. The fraction of sp³-hybridized carbons (Fsp3) is 0.500. The van der Waals surface area contributed by atoms with Crippen LogP contribution in [0, 0.1) is 0 Å². The molecule has 1 heterocycles. The van der Waals surface area contributed by atoms with E-state index in [2.05, 4.69) is 0 Å². The van der Waals surface area contributed by atoms with E-state index in [0.29, 0.717) is 18.7 Å². The Kier molecular flexibility index (Phi) is 3.31. The normalized spacial score (nSPS) is 22.2. The second-order valence-electron chi connectivity index (χ2n) is 4.31. The van der Waals surface area contributed by atoms with Crippen LogP contribution in [0.4, 0.5) is 0 Å². The van der Waals surface area contributed by atoms with Gasteiger partial charge in [0.25, 0.3) is 0 Å². The molecule has 0 aromatic heterocycles. The number of likely N-dealkylation sites (tertiary alicyclic amines) is 1. The van der Waals surface area contributed by atoms with Gasteiger partial charge in [-0.05, 0) is 31.5 Å². The van der Waals surface area contributed by atoms with Crippen molar-refractivity contribution in [3.8, 4) is 11.5 Å². The molecule has 1 saturated heterocycles. The van der Waals surface area contributed by atoms with Crippen molar-refractivity contribution < 1.29 is 15.3 Å². The molecule has 1 fully saturated rings. The summed E-state index contributed by atoms with van der Waals surface area (Å²) in [5.41, 5.74) is 0.539. The van der Waals surface area contributed by atoms with Crippen molar-refractivity contribution in [2.75, 3.05) is 13.1 Å². The maximum Gasteiger partial charge on any atom is 0.123 e. The van der Waals surface area contributed by atoms with Crippen LogP contribution in [-0.2, 0) is 6.54 Å². The molecule has 1 aliphatic heterocycles. The molecule has 1 aromatic rings. The van der Waals surface area contributed by atoms with Crippen molar-refractivity contribution in [3.63, 3.8) is 0 Å². The molecule has 0 radical (unpaired) electrons. The molecule has 1 atom stereocenters. The van der Waals surface area contributed by atoms with Crippen molar-refractivity contribution >= 4 is 0 Å². The van der Waals surface area contributed by atoms with Crippen molar-refractivity contribution in [2.45, 2.75) is 25.5 Å². The van der Waals surface area contributed by atoms with Crippen LogP contribution in [0.5, 0.6) is 11.5 Å². The molecule has 1 unspecified atom stereocenters. The topological polar surface area (TPSA) is 63.9 Å². The standard InChI is InChI=1S/C12H17NO3/c14-9-3-2-6-13(7-9)8-10-11(15)4-1-5-12(10)16/h1,4-5,9,14-16H,2-3,6-8H2. The summed E-state index contributed by atoms with van der Waals surface area (Å²) >= 11 is 0. The van der Waals surface area contributed by atoms with Gasteiger partial charge in [0.15, 0.2) is 0 Å². The van der Waals surface area contributed by atoms with Gasteiger partial charge >= 0.3 is 0 Å². The number of hydrogen-bond acceptors (Lipinski definition) is 4. The summed E-state index contributed by atoms with van der Waals surface area (Å²) in [4.78, 5) is 2.04. The highest BCUT2D eigenvalue weighted by atomic mass is 16.3. The Balaban J connectivity index is 2.08. The van der Waals surface area contributed by atoms with E-state index in [1.54, 1.807) is 18.2 Å². The Hall–Kier alpha value is -1.26. The Bertz CT molecular complexity index is 347. The molecule has 2 rings (SSSR count). The van der Waals surface area contributed by atoms with Crippen LogP contribution in [-0.4, -0.2) is 39.4 Å². The van der Waals surface area contributed by atoms with Crippen molar-refractivity contribution in [1.82, 2.24) is 4.90 Å². The van der Waals surface area contributed by atoms with E-state index in [4.69, 9.17) is 0 Å². The van der Waals surface area contributed by atoms with Gasteiger partial charge in [0.1, 0.15) is 11.5 Å². The zero-order valence-corrected chi connectivity index (χ0v) is 9.13. The monoisotopic (exact) mass is 223 g/mol. The van der Waals surface area contributed by atoms with Gasteiger partial charge in [0, 0.05) is 18.7 Å². The predicted octanol–water partition coefficient (Wildman–Crippen LogP) is 1.05. The van der Waals surface area contributed by atoms with Crippen molar-refractivity contribution in [2.24, 2.45) is 0 Å². The Labute approximate surface area is 94.8 Å². The Morgan fingerprint density at radius 2 is 1.94 bits per heavy atom. The molecule has 4 heteroatoms. The zero-order chi connectivity index (χ0) is 11.5. The van der Waals surface area contributed by atoms with Gasteiger partial charge in [-0.2, -0.15) is 0 Å². The van der Waals surface area contributed by atoms with Crippen molar-refractivity contribution in [1.29, 1.82) is 0 Å². The molecule has 16 heavy (non-hydrogen) atoms. The largest absolute Gasteiger partial charge is 0.507 e.